The van der Waals surface area contributed by atoms with E-state index in [1.165, 1.54) is 23.1 Å². The molecular formula is C16H20N2O. The summed E-state index contributed by atoms with van der Waals surface area (Å²) in [4.78, 5) is 11.6. The lowest BCUT2D eigenvalue weighted by molar-refractivity contribution is -0.115. The van der Waals surface area contributed by atoms with Crippen molar-refractivity contribution in [2.75, 3.05) is 11.9 Å². The van der Waals surface area contributed by atoms with Gasteiger partial charge in [-0.3, -0.25) is 4.79 Å². The highest BCUT2D eigenvalue weighted by atomic mass is 16.1. The summed E-state index contributed by atoms with van der Waals surface area (Å²) in [6.07, 6.45) is 6.25. The smallest absolute Gasteiger partial charge is 0.228 e. The van der Waals surface area contributed by atoms with Gasteiger partial charge in [-0.1, -0.05) is 31.6 Å². The van der Waals surface area contributed by atoms with E-state index in [1.54, 1.807) is 0 Å². The molecular weight excluding hydrogens is 236 g/mol. The second kappa shape index (κ2) is 5.17. The molecule has 0 saturated carbocycles. The quantitative estimate of drug-likeness (QED) is 0.873. The second-order valence-electron chi connectivity index (χ2n) is 5.30. The first-order valence-electron chi connectivity index (χ1n) is 7.15. The SMILES string of the molecule is CCCC1NCCC=C1c1cccc2c1CC(=O)N2. The van der Waals surface area contributed by atoms with Crippen LogP contribution in [0.25, 0.3) is 5.57 Å². The predicted molar refractivity (Wildman–Crippen MR) is 78.1 cm³/mol. The van der Waals surface area contributed by atoms with Crippen molar-refractivity contribution in [1.82, 2.24) is 5.32 Å². The van der Waals surface area contributed by atoms with Crippen LogP contribution in [0.4, 0.5) is 5.69 Å². The molecule has 0 fully saturated rings. The predicted octanol–water partition coefficient (Wildman–Crippen LogP) is 2.73. The van der Waals surface area contributed by atoms with Crippen LogP contribution in [0.5, 0.6) is 0 Å². The number of hydrogen-bond acceptors (Lipinski definition) is 2. The molecule has 1 amide bonds. The van der Waals surface area contributed by atoms with E-state index in [0.29, 0.717) is 12.5 Å². The van der Waals surface area contributed by atoms with E-state index in [0.717, 1.165) is 25.1 Å². The maximum absolute atomic E-state index is 11.6. The maximum Gasteiger partial charge on any atom is 0.228 e. The number of benzene rings is 1. The fraction of sp³-hybridized carbons (Fsp3) is 0.438. The number of hydrogen-bond donors (Lipinski definition) is 2. The molecule has 2 N–H and O–H groups in total. The van der Waals surface area contributed by atoms with Gasteiger partial charge in [0.2, 0.25) is 5.91 Å². The summed E-state index contributed by atoms with van der Waals surface area (Å²) >= 11 is 0. The van der Waals surface area contributed by atoms with E-state index in [-0.39, 0.29) is 5.91 Å². The molecule has 0 aromatic heterocycles. The Labute approximate surface area is 114 Å². The molecule has 0 spiro atoms. The minimum atomic E-state index is 0.110. The van der Waals surface area contributed by atoms with Crippen LogP contribution in [0, 0.1) is 0 Å². The zero-order valence-electron chi connectivity index (χ0n) is 11.3. The summed E-state index contributed by atoms with van der Waals surface area (Å²) in [6, 6.07) is 6.62. The van der Waals surface area contributed by atoms with Crippen molar-refractivity contribution in [3.63, 3.8) is 0 Å². The molecule has 1 atom stereocenters. The minimum absolute atomic E-state index is 0.110. The van der Waals surface area contributed by atoms with E-state index >= 15 is 0 Å². The van der Waals surface area contributed by atoms with Crippen LogP contribution in [0.1, 0.15) is 37.3 Å². The van der Waals surface area contributed by atoms with Crippen LogP contribution in [-0.2, 0) is 11.2 Å². The normalized spacial score (nSPS) is 21.8. The molecule has 0 radical (unpaired) electrons. The van der Waals surface area contributed by atoms with E-state index in [9.17, 15) is 4.79 Å². The average molecular weight is 256 g/mol. The number of amides is 1. The molecule has 3 nitrogen and oxygen atoms in total. The number of carbonyl (C=O) groups excluding carboxylic acids is 1. The molecule has 2 aliphatic heterocycles. The first-order chi connectivity index (χ1) is 9.29. The van der Waals surface area contributed by atoms with Crippen LogP contribution in [0.3, 0.4) is 0 Å². The zero-order chi connectivity index (χ0) is 13.2. The lowest BCUT2D eigenvalue weighted by Gasteiger charge is -2.27. The summed E-state index contributed by atoms with van der Waals surface area (Å²) in [5.41, 5.74) is 4.79. The fourth-order valence-electron chi connectivity index (χ4n) is 3.10. The Bertz CT molecular complexity index is 534. The number of carbonyl (C=O) groups is 1. The zero-order valence-corrected chi connectivity index (χ0v) is 11.3. The standard InChI is InChI=1S/C16H20N2O/c1-2-5-14-12(7-4-9-17-14)11-6-3-8-15-13(11)10-16(19)18-15/h3,6-8,14,17H,2,4-5,9-10H2,1H3,(H,18,19). The van der Waals surface area contributed by atoms with Crippen molar-refractivity contribution in [3.8, 4) is 0 Å². The van der Waals surface area contributed by atoms with Crippen molar-refractivity contribution in [2.45, 2.75) is 38.6 Å². The van der Waals surface area contributed by atoms with Gasteiger partial charge in [-0.25, -0.2) is 0 Å². The lowest BCUT2D eigenvalue weighted by atomic mass is 9.88. The van der Waals surface area contributed by atoms with Gasteiger partial charge in [0.25, 0.3) is 0 Å². The lowest BCUT2D eigenvalue weighted by Crippen LogP contribution is -2.34. The molecule has 100 valence electrons. The summed E-state index contributed by atoms with van der Waals surface area (Å²) in [7, 11) is 0. The number of fused-ring (bicyclic) bond motifs is 1. The van der Waals surface area contributed by atoms with Gasteiger partial charge in [-0.05, 0) is 42.2 Å². The third kappa shape index (κ3) is 2.30. The van der Waals surface area contributed by atoms with Crippen molar-refractivity contribution in [2.24, 2.45) is 0 Å². The third-order valence-corrected chi connectivity index (χ3v) is 3.95. The first-order valence-corrected chi connectivity index (χ1v) is 7.15. The molecule has 3 heteroatoms. The van der Waals surface area contributed by atoms with Gasteiger partial charge in [-0.2, -0.15) is 0 Å². The minimum Gasteiger partial charge on any atom is -0.326 e. The molecule has 0 bridgehead atoms. The van der Waals surface area contributed by atoms with Gasteiger partial charge in [0, 0.05) is 11.7 Å². The molecule has 1 unspecified atom stereocenters. The van der Waals surface area contributed by atoms with E-state index in [2.05, 4.69) is 29.7 Å². The van der Waals surface area contributed by atoms with Gasteiger partial charge in [0.15, 0.2) is 0 Å². The van der Waals surface area contributed by atoms with Crippen molar-refractivity contribution < 1.29 is 4.79 Å². The molecule has 0 saturated heterocycles. The van der Waals surface area contributed by atoms with Gasteiger partial charge in [0.05, 0.1) is 6.42 Å². The summed E-state index contributed by atoms with van der Waals surface area (Å²) in [5, 5.41) is 6.53. The van der Waals surface area contributed by atoms with E-state index in [4.69, 9.17) is 0 Å². The maximum atomic E-state index is 11.6. The van der Waals surface area contributed by atoms with Crippen LogP contribution in [0.15, 0.2) is 24.3 Å². The number of anilines is 1. The average Bonchev–Trinajstić information content (AvgIpc) is 2.80. The number of nitrogens with one attached hydrogen (secondary N) is 2. The Kier molecular flexibility index (Phi) is 3.38. The van der Waals surface area contributed by atoms with E-state index < -0.39 is 0 Å². The summed E-state index contributed by atoms with van der Waals surface area (Å²) < 4.78 is 0. The highest BCUT2D eigenvalue weighted by Crippen LogP contribution is 2.34. The molecule has 1 aromatic rings. The molecule has 0 aliphatic carbocycles. The Balaban J connectivity index is 2.00. The molecule has 1 aromatic carbocycles. The van der Waals surface area contributed by atoms with E-state index in [1.807, 2.05) is 12.1 Å². The third-order valence-electron chi connectivity index (χ3n) is 3.95. The van der Waals surface area contributed by atoms with Crippen LogP contribution in [-0.4, -0.2) is 18.5 Å². The first kappa shape index (κ1) is 12.4. The summed E-state index contributed by atoms with van der Waals surface area (Å²) in [6.45, 7) is 3.27. The van der Waals surface area contributed by atoms with Crippen LogP contribution < -0.4 is 10.6 Å². The monoisotopic (exact) mass is 256 g/mol. The van der Waals surface area contributed by atoms with Crippen LogP contribution in [0.2, 0.25) is 0 Å². The second-order valence-corrected chi connectivity index (χ2v) is 5.30. The van der Waals surface area contributed by atoms with Crippen molar-refractivity contribution in [3.05, 3.63) is 35.4 Å². The Morgan fingerprint density at radius 3 is 3.11 bits per heavy atom. The van der Waals surface area contributed by atoms with Crippen LogP contribution >= 0.6 is 0 Å². The van der Waals surface area contributed by atoms with Gasteiger partial charge < -0.3 is 10.6 Å². The summed E-state index contributed by atoms with van der Waals surface area (Å²) in [5.74, 6) is 0.110. The fourth-order valence-corrected chi connectivity index (χ4v) is 3.10. The van der Waals surface area contributed by atoms with Gasteiger partial charge in [0.1, 0.15) is 0 Å². The topological polar surface area (TPSA) is 41.1 Å². The van der Waals surface area contributed by atoms with Crippen molar-refractivity contribution in [1.29, 1.82) is 0 Å². The van der Waals surface area contributed by atoms with Gasteiger partial charge >= 0.3 is 0 Å². The Morgan fingerprint density at radius 2 is 2.26 bits per heavy atom. The largest absolute Gasteiger partial charge is 0.326 e. The van der Waals surface area contributed by atoms with Gasteiger partial charge in [-0.15, -0.1) is 0 Å². The van der Waals surface area contributed by atoms with Crippen molar-refractivity contribution >= 4 is 17.2 Å². The number of rotatable bonds is 3. The molecule has 2 heterocycles. The Hall–Kier alpha value is -1.61. The molecule has 19 heavy (non-hydrogen) atoms. The Morgan fingerprint density at radius 1 is 1.37 bits per heavy atom. The molecule has 3 rings (SSSR count). The highest BCUT2D eigenvalue weighted by molar-refractivity contribution is 6.01. The molecule has 2 aliphatic rings. The highest BCUT2D eigenvalue weighted by Gasteiger charge is 2.25.